The molecule has 1 unspecified atom stereocenters. The number of carbonyl (C=O) groups excluding carboxylic acids is 1. The minimum atomic E-state index is -0.0800. The molecule has 0 bridgehead atoms. The van der Waals surface area contributed by atoms with E-state index in [-0.39, 0.29) is 5.91 Å². The topological polar surface area (TPSA) is 71.8 Å². The Labute approximate surface area is 182 Å². The van der Waals surface area contributed by atoms with Gasteiger partial charge in [-0.05, 0) is 50.5 Å². The van der Waals surface area contributed by atoms with Crippen molar-refractivity contribution in [1.82, 2.24) is 20.1 Å². The molecule has 3 aromatic heterocycles. The number of hydrogen-bond acceptors (Lipinski definition) is 5. The summed E-state index contributed by atoms with van der Waals surface area (Å²) in [5, 5.41) is 14.2. The summed E-state index contributed by atoms with van der Waals surface area (Å²) < 4.78 is 1.88. The number of hydrogen-bond donors (Lipinski definition) is 2. The highest BCUT2D eigenvalue weighted by atomic mass is 32.1. The molecule has 0 aliphatic heterocycles. The van der Waals surface area contributed by atoms with Gasteiger partial charge in [0.15, 0.2) is 5.65 Å². The minimum absolute atomic E-state index is 0.0800. The van der Waals surface area contributed by atoms with Gasteiger partial charge in [-0.3, -0.25) is 4.79 Å². The lowest BCUT2D eigenvalue weighted by atomic mass is 9.84. The number of fused-ring (bicyclic) bond motifs is 1. The van der Waals surface area contributed by atoms with E-state index in [1.54, 1.807) is 17.5 Å². The molecular formula is C23H31N5OS. The monoisotopic (exact) mass is 425 g/mol. The van der Waals surface area contributed by atoms with Crippen LogP contribution in [0.5, 0.6) is 0 Å². The van der Waals surface area contributed by atoms with Crippen molar-refractivity contribution >= 4 is 34.0 Å². The standard InChI is InChI=1S/C23H31N5OS/c1-3-28-22-19(15-26-28)21(27-16(2)17-8-5-4-6-9-17)20(14-25-22)23(29)24-12-11-18-10-7-13-30-18/h7,10,13-17H,3-6,8-9,11-12H2,1-2H3,(H,24,29)(H,25,27). The largest absolute Gasteiger partial charge is 0.381 e. The normalized spacial score (nSPS) is 15.9. The first-order chi connectivity index (χ1) is 14.7. The van der Waals surface area contributed by atoms with Gasteiger partial charge in [0.2, 0.25) is 0 Å². The van der Waals surface area contributed by atoms with Crippen LogP contribution in [-0.4, -0.2) is 33.3 Å². The molecule has 0 radical (unpaired) electrons. The van der Waals surface area contributed by atoms with Crippen molar-refractivity contribution in [3.63, 3.8) is 0 Å². The first-order valence-electron chi connectivity index (χ1n) is 11.1. The molecule has 1 saturated carbocycles. The number of pyridine rings is 1. The molecule has 6 nitrogen and oxygen atoms in total. The Morgan fingerprint density at radius 3 is 2.87 bits per heavy atom. The lowest BCUT2D eigenvalue weighted by Gasteiger charge is -2.29. The van der Waals surface area contributed by atoms with Crippen LogP contribution in [0.1, 0.15) is 61.2 Å². The number of nitrogens with zero attached hydrogens (tertiary/aromatic N) is 3. The highest BCUT2D eigenvalue weighted by Gasteiger charge is 2.24. The first-order valence-corrected chi connectivity index (χ1v) is 12.0. The van der Waals surface area contributed by atoms with E-state index >= 15 is 0 Å². The Morgan fingerprint density at radius 1 is 1.30 bits per heavy atom. The third-order valence-electron chi connectivity index (χ3n) is 6.18. The van der Waals surface area contributed by atoms with Crippen LogP contribution in [0.3, 0.4) is 0 Å². The van der Waals surface area contributed by atoms with Crippen LogP contribution in [-0.2, 0) is 13.0 Å². The summed E-state index contributed by atoms with van der Waals surface area (Å²) in [6, 6.07) is 4.45. The van der Waals surface area contributed by atoms with E-state index in [1.165, 1.54) is 37.0 Å². The second-order valence-electron chi connectivity index (χ2n) is 8.16. The van der Waals surface area contributed by atoms with Crippen LogP contribution in [0, 0.1) is 5.92 Å². The Bertz CT molecular complexity index is 975. The summed E-state index contributed by atoms with van der Waals surface area (Å²) >= 11 is 1.72. The molecule has 0 aromatic carbocycles. The van der Waals surface area contributed by atoms with Crippen LogP contribution < -0.4 is 10.6 Å². The van der Waals surface area contributed by atoms with Gasteiger partial charge < -0.3 is 10.6 Å². The molecule has 1 fully saturated rings. The van der Waals surface area contributed by atoms with Gasteiger partial charge in [-0.25, -0.2) is 9.67 Å². The fourth-order valence-electron chi connectivity index (χ4n) is 4.41. The molecule has 0 saturated heterocycles. The highest BCUT2D eigenvalue weighted by Crippen LogP contribution is 2.32. The molecule has 7 heteroatoms. The van der Waals surface area contributed by atoms with Crippen molar-refractivity contribution in [3.05, 3.63) is 40.3 Å². The SMILES string of the molecule is CCn1ncc2c(NC(C)C3CCCCC3)c(C(=O)NCCc3cccs3)cnc21. The fraction of sp³-hybridized carbons (Fsp3) is 0.522. The summed E-state index contributed by atoms with van der Waals surface area (Å²) in [7, 11) is 0. The number of amides is 1. The average molecular weight is 426 g/mol. The zero-order valence-corrected chi connectivity index (χ0v) is 18.7. The van der Waals surface area contributed by atoms with Crippen molar-refractivity contribution in [2.45, 2.75) is 65.0 Å². The maximum Gasteiger partial charge on any atom is 0.254 e. The van der Waals surface area contributed by atoms with E-state index in [1.807, 2.05) is 16.9 Å². The van der Waals surface area contributed by atoms with Crippen LogP contribution in [0.15, 0.2) is 29.9 Å². The van der Waals surface area contributed by atoms with Gasteiger partial charge in [0, 0.05) is 30.2 Å². The quantitative estimate of drug-likeness (QED) is 0.540. The van der Waals surface area contributed by atoms with Crippen molar-refractivity contribution < 1.29 is 4.79 Å². The van der Waals surface area contributed by atoms with E-state index in [9.17, 15) is 4.79 Å². The predicted molar refractivity (Wildman–Crippen MR) is 123 cm³/mol. The third-order valence-corrected chi connectivity index (χ3v) is 7.11. The van der Waals surface area contributed by atoms with Gasteiger partial charge in [-0.15, -0.1) is 11.3 Å². The van der Waals surface area contributed by atoms with E-state index < -0.39 is 0 Å². The smallest absolute Gasteiger partial charge is 0.254 e. The number of rotatable bonds is 8. The van der Waals surface area contributed by atoms with Crippen LogP contribution in [0.2, 0.25) is 0 Å². The molecule has 160 valence electrons. The molecule has 1 amide bonds. The average Bonchev–Trinajstić information content (AvgIpc) is 3.44. The van der Waals surface area contributed by atoms with E-state index in [2.05, 4.69) is 46.0 Å². The predicted octanol–water partition coefficient (Wildman–Crippen LogP) is 4.87. The number of nitrogens with one attached hydrogen (secondary N) is 2. The number of carbonyl (C=O) groups is 1. The number of anilines is 1. The molecule has 1 atom stereocenters. The Balaban J connectivity index is 1.57. The molecule has 3 heterocycles. The van der Waals surface area contributed by atoms with Gasteiger partial charge in [0.1, 0.15) is 0 Å². The van der Waals surface area contributed by atoms with Crippen LogP contribution in [0.4, 0.5) is 5.69 Å². The lowest BCUT2D eigenvalue weighted by molar-refractivity contribution is 0.0954. The third kappa shape index (κ3) is 4.51. The molecule has 2 N–H and O–H groups in total. The molecule has 3 aromatic rings. The molecular weight excluding hydrogens is 394 g/mol. The summed E-state index contributed by atoms with van der Waals surface area (Å²) in [6.45, 7) is 5.66. The summed E-state index contributed by atoms with van der Waals surface area (Å²) in [6.07, 6.45) is 10.8. The van der Waals surface area contributed by atoms with Crippen molar-refractivity contribution in [2.24, 2.45) is 5.92 Å². The second kappa shape index (κ2) is 9.60. The van der Waals surface area contributed by atoms with E-state index in [0.717, 1.165) is 29.7 Å². The fourth-order valence-corrected chi connectivity index (χ4v) is 5.12. The summed E-state index contributed by atoms with van der Waals surface area (Å²) in [4.78, 5) is 18.9. The molecule has 1 aliphatic carbocycles. The molecule has 30 heavy (non-hydrogen) atoms. The van der Waals surface area contributed by atoms with Crippen molar-refractivity contribution in [2.75, 3.05) is 11.9 Å². The molecule has 1 aliphatic rings. The number of aromatic nitrogens is 3. The van der Waals surface area contributed by atoms with E-state index in [4.69, 9.17) is 0 Å². The maximum atomic E-state index is 13.1. The molecule has 0 spiro atoms. The van der Waals surface area contributed by atoms with Gasteiger partial charge in [0.25, 0.3) is 5.91 Å². The van der Waals surface area contributed by atoms with Crippen LogP contribution >= 0.6 is 11.3 Å². The Kier molecular flexibility index (Phi) is 6.67. The zero-order chi connectivity index (χ0) is 20.9. The van der Waals surface area contributed by atoms with Gasteiger partial charge in [-0.1, -0.05) is 25.3 Å². The number of aryl methyl sites for hydroxylation is 1. The van der Waals surface area contributed by atoms with Gasteiger partial charge in [0.05, 0.1) is 22.8 Å². The Hall–Kier alpha value is -2.41. The zero-order valence-electron chi connectivity index (χ0n) is 17.9. The molecule has 4 rings (SSSR count). The first kappa shape index (κ1) is 20.8. The van der Waals surface area contributed by atoms with Crippen LogP contribution in [0.25, 0.3) is 11.0 Å². The van der Waals surface area contributed by atoms with Crippen molar-refractivity contribution in [3.8, 4) is 0 Å². The van der Waals surface area contributed by atoms with Gasteiger partial charge in [-0.2, -0.15) is 5.10 Å². The van der Waals surface area contributed by atoms with E-state index in [0.29, 0.717) is 24.1 Å². The lowest BCUT2D eigenvalue weighted by Crippen LogP contribution is -2.31. The Morgan fingerprint density at radius 2 is 2.13 bits per heavy atom. The minimum Gasteiger partial charge on any atom is -0.381 e. The number of thiophene rings is 1. The van der Waals surface area contributed by atoms with Crippen molar-refractivity contribution in [1.29, 1.82) is 0 Å². The second-order valence-corrected chi connectivity index (χ2v) is 9.19. The maximum absolute atomic E-state index is 13.1. The summed E-state index contributed by atoms with van der Waals surface area (Å²) in [5.41, 5.74) is 2.30. The highest BCUT2D eigenvalue weighted by molar-refractivity contribution is 7.09. The summed E-state index contributed by atoms with van der Waals surface area (Å²) in [5.74, 6) is 0.557. The van der Waals surface area contributed by atoms with Gasteiger partial charge >= 0.3 is 0 Å².